The molecule has 0 spiro atoms. The molecule has 4 amide bonds. The van der Waals surface area contributed by atoms with Crippen molar-refractivity contribution in [2.75, 3.05) is 13.1 Å². The van der Waals surface area contributed by atoms with Crippen molar-refractivity contribution in [1.29, 1.82) is 0 Å². The highest BCUT2D eigenvalue weighted by molar-refractivity contribution is 5.96. The molecular formula is C20H26N4O5. The Hall–Kier alpha value is -3.10. The first-order valence-electron chi connectivity index (χ1n) is 9.67. The molecular weight excluding hydrogens is 376 g/mol. The molecule has 0 aliphatic carbocycles. The van der Waals surface area contributed by atoms with Gasteiger partial charge in [0.05, 0.1) is 6.54 Å². The van der Waals surface area contributed by atoms with Crippen molar-refractivity contribution in [3.05, 3.63) is 35.9 Å². The topological polar surface area (TPSA) is 99.3 Å². The lowest BCUT2D eigenvalue weighted by atomic mass is 10.1. The normalized spacial score (nSPS) is 20.1. The van der Waals surface area contributed by atoms with Crippen molar-refractivity contribution < 1.29 is 23.9 Å². The Morgan fingerprint density at radius 2 is 1.79 bits per heavy atom. The van der Waals surface area contributed by atoms with Crippen LogP contribution < -0.4 is 5.43 Å². The van der Waals surface area contributed by atoms with E-state index in [1.807, 2.05) is 0 Å². The number of carbonyl (C=O) groups excluding carboxylic acids is 4. The third-order valence-electron chi connectivity index (χ3n) is 4.62. The number of urea groups is 1. The molecule has 2 saturated heterocycles. The van der Waals surface area contributed by atoms with E-state index in [0.29, 0.717) is 24.9 Å². The quantitative estimate of drug-likeness (QED) is 0.776. The van der Waals surface area contributed by atoms with Crippen LogP contribution in [-0.4, -0.2) is 63.6 Å². The molecule has 0 saturated carbocycles. The monoisotopic (exact) mass is 402 g/mol. The Bertz CT molecular complexity index is 805. The van der Waals surface area contributed by atoms with Crippen LogP contribution in [0.3, 0.4) is 0 Å². The molecule has 9 heteroatoms. The Morgan fingerprint density at radius 1 is 1.10 bits per heavy atom. The van der Waals surface area contributed by atoms with Gasteiger partial charge in [0.15, 0.2) is 6.04 Å². The summed E-state index contributed by atoms with van der Waals surface area (Å²) >= 11 is 0. The molecule has 1 atom stereocenters. The molecule has 1 N–H and O–H groups in total. The number of ether oxygens (including phenoxy) is 1. The minimum absolute atomic E-state index is 0.0181. The minimum atomic E-state index is -0.923. The molecule has 1 aromatic carbocycles. The number of hydrogen-bond acceptors (Lipinski definition) is 5. The number of amides is 4. The zero-order chi connectivity index (χ0) is 21.2. The number of carbonyl (C=O) groups is 4. The summed E-state index contributed by atoms with van der Waals surface area (Å²) in [7, 11) is 0. The molecule has 0 unspecified atom stereocenters. The second kappa shape index (κ2) is 8.10. The summed E-state index contributed by atoms with van der Waals surface area (Å²) in [6.07, 6.45) is 0.999. The number of esters is 1. The smallest absolute Gasteiger partial charge is 0.358 e. The van der Waals surface area contributed by atoms with Crippen molar-refractivity contribution in [3.63, 3.8) is 0 Å². The highest BCUT2D eigenvalue weighted by atomic mass is 16.6. The van der Waals surface area contributed by atoms with Gasteiger partial charge in [0, 0.05) is 18.5 Å². The van der Waals surface area contributed by atoms with Gasteiger partial charge in [0.2, 0.25) is 5.91 Å². The third kappa shape index (κ3) is 4.67. The van der Waals surface area contributed by atoms with Gasteiger partial charge < -0.3 is 4.74 Å². The van der Waals surface area contributed by atoms with Gasteiger partial charge in [-0.1, -0.05) is 18.2 Å². The summed E-state index contributed by atoms with van der Waals surface area (Å²) in [5.41, 5.74) is 2.22. The number of hydrazine groups is 2. The van der Waals surface area contributed by atoms with E-state index < -0.39 is 29.6 Å². The summed E-state index contributed by atoms with van der Waals surface area (Å²) in [6.45, 7) is 5.59. The molecule has 0 aromatic heterocycles. The van der Waals surface area contributed by atoms with Crippen LogP contribution in [-0.2, 0) is 14.3 Å². The molecule has 1 aromatic rings. The fraction of sp³-hybridized carbons (Fsp3) is 0.500. The molecule has 156 valence electrons. The lowest BCUT2D eigenvalue weighted by molar-refractivity contribution is -0.174. The van der Waals surface area contributed by atoms with Gasteiger partial charge >= 0.3 is 12.0 Å². The van der Waals surface area contributed by atoms with Crippen molar-refractivity contribution in [3.8, 4) is 0 Å². The maximum absolute atomic E-state index is 13.2. The van der Waals surface area contributed by atoms with Gasteiger partial charge in [-0.2, -0.15) is 0 Å². The standard InChI is InChI=1S/C20H26N4O5/c1-20(2,3)29-18(27)15-10-7-12-23-16(25)11-13-22(19(28)24(15)23)21-17(26)14-8-5-4-6-9-14/h4-6,8-9,15H,7,10-13H2,1-3H3,(H,21,26)/t15-/m0/s1. The summed E-state index contributed by atoms with van der Waals surface area (Å²) in [5.74, 6) is -1.31. The van der Waals surface area contributed by atoms with E-state index in [9.17, 15) is 19.2 Å². The van der Waals surface area contributed by atoms with Gasteiger partial charge in [-0.15, -0.1) is 0 Å². The van der Waals surface area contributed by atoms with Crippen molar-refractivity contribution in [2.45, 2.75) is 51.7 Å². The van der Waals surface area contributed by atoms with Gasteiger partial charge in [-0.3, -0.25) is 15.0 Å². The van der Waals surface area contributed by atoms with E-state index in [4.69, 9.17) is 4.74 Å². The number of rotatable bonds is 3. The van der Waals surface area contributed by atoms with Crippen LogP contribution >= 0.6 is 0 Å². The first-order valence-corrected chi connectivity index (χ1v) is 9.67. The second-order valence-corrected chi connectivity index (χ2v) is 8.04. The summed E-state index contributed by atoms with van der Waals surface area (Å²) in [4.78, 5) is 51.0. The summed E-state index contributed by atoms with van der Waals surface area (Å²) < 4.78 is 5.46. The summed E-state index contributed by atoms with van der Waals surface area (Å²) in [6, 6.07) is 6.91. The van der Waals surface area contributed by atoms with Gasteiger partial charge in [-0.25, -0.2) is 24.6 Å². The average molecular weight is 402 g/mol. The number of benzene rings is 1. The largest absolute Gasteiger partial charge is 0.458 e. The number of fused-ring (bicyclic) bond motifs is 1. The average Bonchev–Trinajstić information content (AvgIpc) is 2.79. The summed E-state index contributed by atoms with van der Waals surface area (Å²) in [5, 5.41) is 3.53. The Morgan fingerprint density at radius 3 is 2.45 bits per heavy atom. The maximum Gasteiger partial charge on any atom is 0.358 e. The van der Waals surface area contributed by atoms with Crippen molar-refractivity contribution in [2.24, 2.45) is 0 Å². The first-order chi connectivity index (χ1) is 13.7. The van der Waals surface area contributed by atoms with Crippen LogP contribution in [0.1, 0.15) is 50.4 Å². The molecule has 2 fully saturated rings. The fourth-order valence-corrected chi connectivity index (χ4v) is 3.34. The molecule has 29 heavy (non-hydrogen) atoms. The molecule has 2 heterocycles. The van der Waals surface area contributed by atoms with Crippen molar-refractivity contribution in [1.82, 2.24) is 20.5 Å². The lowest BCUT2D eigenvalue weighted by Crippen LogP contribution is -2.63. The molecule has 3 rings (SSSR count). The minimum Gasteiger partial charge on any atom is -0.458 e. The van der Waals surface area contributed by atoms with Gasteiger partial charge in [0.25, 0.3) is 5.91 Å². The predicted molar refractivity (Wildman–Crippen MR) is 103 cm³/mol. The van der Waals surface area contributed by atoms with E-state index in [-0.39, 0.29) is 18.9 Å². The molecule has 2 aliphatic heterocycles. The van der Waals surface area contributed by atoms with Crippen LogP contribution in [0.2, 0.25) is 0 Å². The van der Waals surface area contributed by atoms with Crippen LogP contribution in [0.25, 0.3) is 0 Å². The van der Waals surface area contributed by atoms with Gasteiger partial charge in [0.1, 0.15) is 5.60 Å². The maximum atomic E-state index is 13.2. The number of nitrogens with zero attached hydrogens (tertiary/aromatic N) is 3. The van der Waals surface area contributed by atoms with Gasteiger partial charge in [-0.05, 0) is 45.7 Å². The zero-order valence-corrected chi connectivity index (χ0v) is 16.9. The number of nitrogens with one attached hydrogen (secondary N) is 1. The van der Waals surface area contributed by atoms with Crippen LogP contribution in [0, 0.1) is 0 Å². The van der Waals surface area contributed by atoms with Crippen LogP contribution in [0.4, 0.5) is 4.79 Å². The fourth-order valence-electron chi connectivity index (χ4n) is 3.34. The predicted octanol–water partition coefficient (Wildman–Crippen LogP) is 1.71. The Kier molecular flexibility index (Phi) is 5.76. The van der Waals surface area contributed by atoms with E-state index in [2.05, 4.69) is 5.43 Å². The zero-order valence-electron chi connectivity index (χ0n) is 16.9. The SMILES string of the molecule is CC(C)(C)OC(=O)[C@@H]1CCCN2C(=O)CCN(NC(=O)c3ccccc3)C(=O)N12. The highest BCUT2D eigenvalue weighted by Gasteiger charge is 2.45. The molecule has 0 bridgehead atoms. The number of hydrogen-bond donors (Lipinski definition) is 1. The van der Waals surface area contributed by atoms with Crippen LogP contribution in [0.15, 0.2) is 30.3 Å². The van der Waals surface area contributed by atoms with E-state index in [1.54, 1.807) is 51.1 Å². The Labute approximate surface area is 169 Å². The Balaban J connectivity index is 1.83. The van der Waals surface area contributed by atoms with Crippen molar-refractivity contribution >= 4 is 23.8 Å². The second-order valence-electron chi connectivity index (χ2n) is 8.04. The molecule has 9 nitrogen and oxygen atoms in total. The molecule has 0 radical (unpaired) electrons. The van der Waals surface area contributed by atoms with E-state index >= 15 is 0 Å². The lowest BCUT2D eigenvalue weighted by Gasteiger charge is -2.42. The van der Waals surface area contributed by atoms with Crippen LogP contribution in [0.5, 0.6) is 0 Å². The van der Waals surface area contributed by atoms with E-state index in [1.165, 1.54) is 5.01 Å². The third-order valence-corrected chi connectivity index (χ3v) is 4.62. The highest BCUT2D eigenvalue weighted by Crippen LogP contribution is 2.25. The van der Waals surface area contributed by atoms with E-state index in [0.717, 1.165) is 10.0 Å². The molecule has 2 aliphatic rings. The first kappa shape index (κ1) is 20.6.